The second-order valence-electron chi connectivity index (χ2n) is 14.1. The summed E-state index contributed by atoms with van der Waals surface area (Å²) in [6, 6.07) is 59.9. The van der Waals surface area contributed by atoms with E-state index in [1.54, 1.807) is 0 Å². The minimum atomic E-state index is -7.43. The van der Waals surface area contributed by atoms with Gasteiger partial charge in [0, 0.05) is 0 Å². The fourth-order valence-corrected chi connectivity index (χ4v) is 10.6. The lowest BCUT2D eigenvalue weighted by Crippen LogP contribution is -2.63. The summed E-state index contributed by atoms with van der Waals surface area (Å²) < 4.78 is 277. The maximum absolute atomic E-state index is 12.2. The molecule has 0 atom stereocenters. The molecule has 0 saturated heterocycles. The molecule has 0 unspecified atom stereocenters. The molecule has 0 N–H and O–H groups in total. The van der Waals surface area contributed by atoms with Gasteiger partial charge in [-0.15, -0.1) is 0 Å². The van der Waals surface area contributed by atoms with Gasteiger partial charge in [-0.2, -0.15) is 79.0 Å². The molecule has 0 saturated carbocycles. The second-order valence-corrected chi connectivity index (χ2v) is 21.0. The van der Waals surface area contributed by atoms with Gasteiger partial charge >= 0.3 is 46.6 Å². The van der Waals surface area contributed by atoms with Crippen LogP contribution in [-0.2, 0) is 42.0 Å². The average molecular weight is 1140 g/mol. The highest BCUT2D eigenvalue weighted by Crippen LogP contribution is 2.56. The van der Waals surface area contributed by atoms with Crippen LogP contribution in [0.3, 0.4) is 0 Å². The summed E-state index contributed by atoms with van der Waals surface area (Å²) in [6.45, 7) is 0. The van der Waals surface area contributed by atoms with Gasteiger partial charge in [0.1, 0.15) is 11.5 Å². The molecule has 0 spiro atoms. The van der Waals surface area contributed by atoms with Gasteiger partial charge in [0.05, 0.1) is 21.8 Å². The van der Waals surface area contributed by atoms with Crippen molar-refractivity contribution in [1.82, 2.24) is 0 Å². The van der Waals surface area contributed by atoms with E-state index in [0.29, 0.717) is 0 Å². The van der Waals surface area contributed by atoms with Gasteiger partial charge in [-0.3, -0.25) is 0 Å². The van der Waals surface area contributed by atoms with E-state index in [0.717, 1.165) is 11.5 Å². The average Bonchev–Trinajstić information content (AvgIpc) is 3.30. The number of benzene rings is 6. The highest BCUT2D eigenvalue weighted by molar-refractivity contribution is 7.97. The first-order chi connectivity index (χ1) is 33.3. The third-order valence-electron chi connectivity index (χ3n) is 9.13. The second kappa shape index (κ2) is 22.1. The molecule has 0 heterocycles. The number of halogens is 18. The summed E-state index contributed by atoms with van der Waals surface area (Å²) in [5.41, 5.74) is 0. The van der Waals surface area contributed by atoms with Crippen molar-refractivity contribution >= 4 is 42.0 Å². The molecular formula is C44H28F18O7S4. The van der Waals surface area contributed by atoms with Crippen molar-refractivity contribution in [1.29, 1.82) is 0 Å². The maximum Gasteiger partial charge on any atom is 0.460 e. The highest BCUT2D eigenvalue weighted by Gasteiger charge is 2.85. The van der Waals surface area contributed by atoms with Crippen LogP contribution in [-0.4, -0.2) is 72.5 Å². The lowest BCUT2D eigenvalue weighted by Gasteiger charge is -2.34. The number of rotatable bonds is 14. The lowest BCUT2D eigenvalue weighted by molar-refractivity contribution is -0.382. The summed E-state index contributed by atoms with van der Waals surface area (Å²) in [7, 11) is -15.2. The molecule has 73 heavy (non-hydrogen) atoms. The first-order valence-electron chi connectivity index (χ1n) is 19.2. The minimum Gasteiger partial charge on any atom is -0.743 e. The fraction of sp³-hybridized carbons (Fsp3) is 0.182. The third-order valence-corrected chi connectivity index (χ3v) is 15.4. The molecular weight excluding hydrogens is 1110 g/mol. The van der Waals surface area contributed by atoms with E-state index in [9.17, 15) is 105 Å². The van der Waals surface area contributed by atoms with Crippen molar-refractivity contribution in [3.63, 3.8) is 0 Å². The molecule has 0 amide bonds. The Morgan fingerprint density at radius 2 is 0.493 bits per heavy atom. The SMILES string of the molecule is O=S(=O)([O-])C(F)(F)C(F)(F)C(F)(F)C(F)(F)F.O=S(=O)([O-])C(F)(F)C(F)(F)C(F)(F)C(F)(F)F.c1ccc([S+](c2ccccc2)c2ccc(Oc3ccc([S+](c4ccccc4)c4ccccc4)cc3)cc2)cc1. The first kappa shape index (κ1) is 59.9. The molecule has 29 heteroatoms. The summed E-state index contributed by atoms with van der Waals surface area (Å²) in [5.74, 6) is -28.0. The van der Waals surface area contributed by atoms with Gasteiger partial charge in [0.2, 0.25) is 0 Å². The smallest absolute Gasteiger partial charge is 0.460 e. The summed E-state index contributed by atoms with van der Waals surface area (Å²) in [6.07, 6.45) is -14.3. The maximum atomic E-state index is 12.2. The van der Waals surface area contributed by atoms with Crippen LogP contribution in [0, 0.1) is 0 Å². The minimum absolute atomic E-state index is 0.169. The summed E-state index contributed by atoms with van der Waals surface area (Å²) >= 11 is 0. The topological polar surface area (TPSA) is 124 Å². The van der Waals surface area contributed by atoms with E-state index in [4.69, 9.17) is 4.74 Å². The van der Waals surface area contributed by atoms with Crippen LogP contribution in [0.5, 0.6) is 11.5 Å². The summed E-state index contributed by atoms with van der Waals surface area (Å²) in [4.78, 5) is 7.76. The fourth-order valence-electron chi connectivity index (χ4n) is 5.50. The van der Waals surface area contributed by atoms with Gasteiger partial charge in [-0.25, -0.2) is 16.8 Å². The van der Waals surface area contributed by atoms with Crippen LogP contribution in [0.2, 0.25) is 0 Å². The molecule has 6 aromatic carbocycles. The van der Waals surface area contributed by atoms with Crippen LogP contribution < -0.4 is 4.74 Å². The largest absolute Gasteiger partial charge is 0.743 e. The normalized spacial score (nSPS) is 13.4. The van der Waals surface area contributed by atoms with Gasteiger partial charge in [0.15, 0.2) is 49.6 Å². The van der Waals surface area contributed by atoms with E-state index in [-0.39, 0.29) is 21.8 Å². The Hall–Kier alpha value is -5.62. The van der Waals surface area contributed by atoms with Crippen molar-refractivity contribution < 1.29 is 110 Å². The van der Waals surface area contributed by atoms with Crippen molar-refractivity contribution in [2.75, 3.05) is 0 Å². The Bertz CT molecular complexity index is 2670. The van der Waals surface area contributed by atoms with Crippen LogP contribution in [0.1, 0.15) is 0 Å². The van der Waals surface area contributed by atoms with Gasteiger partial charge in [-0.1, -0.05) is 72.8 Å². The van der Waals surface area contributed by atoms with E-state index in [1.807, 2.05) is 0 Å². The molecule has 0 fully saturated rings. The predicted molar refractivity (Wildman–Crippen MR) is 224 cm³/mol. The Kier molecular flexibility index (Phi) is 18.1. The van der Waals surface area contributed by atoms with Gasteiger partial charge in [-0.05, 0) is 97.1 Å². The lowest BCUT2D eigenvalue weighted by atomic mass is 10.1. The standard InChI is InChI=1S/C36H28OS2.2C4HF9O3S/c1-5-13-31(14-6-1)38(32-15-7-2-8-16-32)35-25-21-29(22-26-35)37-30-23-27-36(28-24-30)39(33-17-9-3-10-18-33)34-19-11-4-12-20-34;2*5-1(6,3(9,10)11)2(7,8)4(12,13)17(14,15)16/h1-28H;2*(H,14,15,16)/q+2;;/p-2. The van der Waals surface area contributed by atoms with Crippen LogP contribution in [0.4, 0.5) is 79.0 Å². The Morgan fingerprint density at radius 1 is 0.301 bits per heavy atom. The van der Waals surface area contributed by atoms with Crippen molar-refractivity contribution in [3.05, 3.63) is 170 Å². The molecule has 0 aliphatic rings. The molecule has 0 aromatic heterocycles. The molecule has 0 radical (unpaired) electrons. The van der Waals surface area contributed by atoms with E-state index in [1.165, 1.54) is 29.4 Å². The Balaban J connectivity index is 0.000000284. The van der Waals surface area contributed by atoms with Crippen molar-refractivity contribution in [2.24, 2.45) is 0 Å². The zero-order valence-electron chi connectivity index (χ0n) is 35.5. The Labute approximate surface area is 407 Å². The molecule has 0 aliphatic carbocycles. The number of alkyl halides is 18. The first-order valence-corrected chi connectivity index (χ1v) is 24.5. The quantitative estimate of drug-likeness (QED) is 0.0604. The highest BCUT2D eigenvalue weighted by atomic mass is 32.2. The number of hydrogen-bond acceptors (Lipinski definition) is 7. The molecule has 6 rings (SSSR count). The summed E-state index contributed by atoms with van der Waals surface area (Å²) in [5, 5.41) is -14.2. The Morgan fingerprint density at radius 3 is 0.671 bits per heavy atom. The molecule has 7 nitrogen and oxygen atoms in total. The van der Waals surface area contributed by atoms with Gasteiger partial charge < -0.3 is 13.8 Å². The van der Waals surface area contributed by atoms with E-state index in [2.05, 4.69) is 170 Å². The van der Waals surface area contributed by atoms with Crippen LogP contribution in [0.25, 0.3) is 0 Å². The number of ether oxygens (including phenoxy) is 1. The zero-order chi connectivity index (χ0) is 55.3. The third kappa shape index (κ3) is 12.8. The van der Waals surface area contributed by atoms with Crippen molar-refractivity contribution in [2.45, 2.75) is 75.9 Å². The van der Waals surface area contributed by atoms with Crippen molar-refractivity contribution in [3.8, 4) is 11.5 Å². The molecule has 0 aliphatic heterocycles. The van der Waals surface area contributed by atoms with Crippen LogP contribution >= 0.6 is 0 Å². The number of hydrogen-bond donors (Lipinski definition) is 0. The molecule has 0 bridgehead atoms. The van der Waals surface area contributed by atoms with E-state index < -0.39 is 66.8 Å². The van der Waals surface area contributed by atoms with E-state index >= 15 is 0 Å². The molecule has 6 aromatic rings. The predicted octanol–water partition coefficient (Wildman–Crippen LogP) is 13.6. The van der Waals surface area contributed by atoms with Crippen LogP contribution in [0.15, 0.2) is 199 Å². The zero-order valence-corrected chi connectivity index (χ0v) is 38.7. The molecule has 396 valence electrons. The van der Waals surface area contributed by atoms with Gasteiger partial charge in [0.25, 0.3) is 0 Å². The monoisotopic (exact) mass is 1140 g/mol.